The van der Waals surface area contributed by atoms with Crippen LogP contribution in [0.1, 0.15) is 28.4 Å². The fraction of sp³-hybridized carbons (Fsp3) is 0.286. The zero-order valence-electron chi connectivity index (χ0n) is 11.2. The van der Waals surface area contributed by atoms with Crippen molar-refractivity contribution in [1.82, 2.24) is 25.1 Å². The normalized spacial score (nSPS) is 13.5. The standard InChI is InChI=1S/C14H13N5OS/c20-14(9-3-4-10-11(6-9)21-8-16-10)15-7-13-18-17-12-2-1-5-19(12)13/h3-4,6,8H,1-2,5,7H2,(H,15,20). The topological polar surface area (TPSA) is 72.7 Å². The van der Waals surface area contributed by atoms with Crippen LogP contribution in [0.5, 0.6) is 0 Å². The summed E-state index contributed by atoms with van der Waals surface area (Å²) in [5, 5.41) is 11.2. The fourth-order valence-electron chi connectivity index (χ4n) is 2.60. The van der Waals surface area contributed by atoms with Gasteiger partial charge in [-0.1, -0.05) is 0 Å². The van der Waals surface area contributed by atoms with E-state index in [0.29, 0.717) is 12.1 Å². The number of carbonyl (C=O) groups excluding carboxylic acids is 1. The molecule has 0 fully saturated rings. The van der Waals surface area contributed by atoms with Crippen molar-refractivity contribution in [2.24, 2.45) is 0 Å². The number of aryl methyl sites for hydroxylation is 1. The zero-order chi connectivity index (χ0) is 14.2. The first-order valence-electron chi connectivity index (χ1n) is 6.84. The minimum absolute atomic E-state index is 0.0966. The van der Waals surface area contributed by atoms with Crippen molar-refractivity contribution in [3.05, 3.63) is 40.9 Å². The van der Waals surface area contributed by atoms with E-state index in [1.54, 1.807) is 11.6 Å². The summed E-state index contributed by atoms with van der Waals surface area (Å²) in [5.74, 6) is 1.75. The van der Waals surface area contributed by atoms with Gasteiger partial charge in [-0.15, -0.1) is 21.5 Å². The van der Waals surface area contributed by atoms with Crippen LogP contribution in [0.3, 0.4) is 0 Å². The molecule has 3 heterocycles. The van der Waals surface area contributed by atoms with Crippen molar-refractivity contribution in [3.63, 3.8) is 0 Å². The molecule has 0 unspecified atom stereocenters. The number of benzene rings is 1. The number of amides is 1. The molecule has 0 saturated carbocycles. The molecule has 3 aromatic rings. The van der Waals surface area contributed by atoms with Crippen LogP contribution in [-0.4, -0.2) is 25.7 Å². The lowest BCUT2D eigenvalue weighted by atomic mass is 10.2. The van der Waals surface area contributed by atoms with Crippen molar-refractivity contribution < 1.29 is 4.79 Å². The van der Waals surface area contributed by atoms with Crippen molar-refractivity contribution in [1.29, 1.82) is 0 Å². The number of hydrogen-bond acceptors (Lipinski definition) is 5. The van der Waals surface area contributed by atoms with Gasteiger partial charge in [0.15, 0.2) is 5.82 Å². The quantitative estimate of drug-likeness (QED) is 0.800. The first-order chi connectivity index (χ1) is 10.3. The Hall–Kier alpha value is -2.28. The third kappa shape index (κ3) is 2.19. The van der Waals surface area contributed by atoms with E-state index in [9.17, 15) is 4.79 Å². The van der Waals surface area contributed by atoms with E-state index in [1.165, 1.54) is 11.3 Å². The Labute approximate surface area is 124 Å². The van der Waals surface area contributed by atoms with Crippen molar-refractivity contribution in [2.75, 3.05) is 0 Å². The average molecular weight is 299 g/mol. The first kappa shape index (κ1) is 12.5. The van der Waals surface area contributed by atoms with Crippen molar-refractivity contribution in [2.45, 2.75) is 25.9 Å². The Morgan fingerprint density at radius 1 is 1.38 bits per heavy atom. The van der Waals surface area contributed by atoms with Crippen LogP contribution in [0.25, 0.3) is 10.2 Å². The van der Waals surface area contributed by atoms with Gasteiger partial charge >= 0.3 is 0 Å². The first-order valence-corrected chi connectivity index (χ1v) is 7.71. The lowest BCUT2D eigenvalue weighted by molar-refractivity contribution is 0.0949. The summed E-state index contributed by atoms with van der Waals surface area (Å²) in [5.41, 5.74) is 3.35. The highest BCUT2D eigenvalue weighted by molar-refractivity contribution is 7.16. The molecule has 6 nitrogen and oxygen atoms in total. The summed E-state index contributed by atoms with van der Waals surface area (Å²) in [6, 6.07) is 5.54. The van der Waals surface area contributed by atoms with Gasteiger partial charge in [-0.2, -0.15) is 0 Å². The number of thiazole rings is 1. The summed E-state index contributed by atoms with van der Waals surface area (Å²) in [6.07, 6.45) is 2.08. The lowest BCUT2D eigenvalue weighted by Gasteiger charge is -2.06. The summed E-state index contributed by atoms with van der Waals surface area (Å²) in [7, 11) is 0. The third-order valence-corrected chi connectivity index (χ3v) is 4.48. The van der Waals surface area contributed by atoms with E-state index in [4.69, 9.17) is 0 Å². The minimum Gasteiger partial charge on any atom is -0.345 e. The molecule has 106 valence electrons. The fourth-order valence-corrected chi connectivity index (χ4v) is 3.32. The van der Waals surface area contributed by atoms with Gasteiger partial charge in [0, 0.05) is 18.5 Å². The van der Waals surface area contributed by atoms with Gasteiger partial charge in [-0.25, -0.2) is 4.98 Å². The molecule has 1 N–H and O–H groups in total. The second-order valence-electron chi connectivity index (χ2n) is 5.01. The second kappa shape index (κ2) is 4.92. The summed E-state index contributed by atoms with van der Waals surface area (Å²) in [6.45, 7) is 1.35. The van der Waals surface area contributed by atoms with Gasteiger partial charge in [-0.05, 0) is 24.6 Å². The number of carbonyl (C=O) groups is 1. The van der Waals surface area contributed by atoms with Crippen LogP contribution < -0.4 is 5.32 Å². The Morgan fingerprint density at radius 3 is 3.29 bits per heavy atom. The largest absolute Gasteiger partial charge is 0.345 e. The van der Waals surface area contributed by atoms with Crippen LogP contribution in [0.2, 0.25) is 0 Å². The van der Waals surface area contributed by atoms with E-state index in [0.717, 1.165) is 41.3 Å². The molecule has 4 rings (SSSR count). The SMILES string of the molecule is O=C(NCc1nnc2n1CCC2)c1ccc2ncsc2c1. The molecule has 0 saturated heterocycles. The third-order valence-electron chi connectivity index (χ3n) is 3.69. The van der Waals surface area contributed by atoms with Gasteiger partial charge in [0.2, 0.25) is 0 Å². The molecule has 1 amide bonds. The Bertz CT molecular complexity index is 822. The van der Waals surface area contributed by atoms with Crippen LogP contribution in [0, 0.1) is 0 Å². The Morgan fingerprint density at radius 2 is 2.33 bits per heavy atom. The molecule has 0 bridgehead atoms. The maximum absolute atomic E-state index is 12.2. The van der Waals surface area contributed by atoms with E-state index < -0.39 is 0 Å². The molecule has 1 aliphatic rings. The maximum atomic E-state index is 12.2. The summed E-state index contributed by atoms with van der Waals surface area (Å²) in [4.78, 5) is 16.4. The lowest BCUT2D eigenvalue weighted by Crippen LogP contribution is -2.24. The van der Waals surface area contributed by atoms with Crippen molar-refractivity contribution in [3.8, 4) is 0 Å². The molecule has 0 atom stereocenters. The monoisotopic (exact) mass is 299 g/mol. The Balaban J connectivity index is 1.50. The highest BCUT2D eigenvalue weighted by Crippen LogP contribution is 2.19. The minimum atomic E-state index is -0.0966. The van der Waals surface area contributed by atoms with Crippen LogP contribution in [-0.2, 0) is 19.5 Å². The molecule has 0 aliphatic carbocycles. The molecule has 21 heavy (non-hydrogen) atoms. The van der Waals surface area contributed by atoms with Crippen LogP contribution in [0.4, 0.5) is 0 Å². The molecule has 0 spiro atoms. The predicted molar refractivity (Wildman–Crippen MR) is 79.1 cm³/mol. The van der Waals surface area contributed by atoms with E-state index in [-0.39, 0.29) is 5.91 Å². The number of nitrogens with one attached hydrogen (secondary N) is 1. The highest BCUT2D eigenvalue weighted by atomic mass is 32.1. The van der Waals surface area contributed by atoms with Crippen LogP contribution in [0.15, 0.2) is 23.7 Å². The van der Waals surface area contributed by atoms with Crippen molar-refractivity contribution >= 4 is 27.5 Å². The van der Waals surface area contributed by atoms with E-state index in [1.807, 2.05) is 12.1 Å². The summed E-state index contributed by atoms with van der Waals surface area (Å²) < 4.78 is 3.11. The summed E-state index contributed by atoms with van der Waals surface area (Å²) >= 11 is 1.53. The smallest absolute Gasteiger partial charge is 0.251 e. The van der Waals surface area contributed by atoms with E-state index in [2.05, 4.69) is 25.1 Å². The van der Waals surface area contributed by atoms with E-state index >= 15 is 0 Å². The molecular weight excluding hydrogens is 286 g/mol. The highest BCUT2D eigenvalue weighted by Gasteiger charge is 2.17. The number of aromatic nitrogens is 4. The van der Waals surface area contributed by atoms with Crippen LogP contribution >= 0.6 is 11.3 Å². The number of nitrogens with zero attached hydrogens (tertiary/aromatic N) is 4. The Kier molecular flexibility index (Phi) is 2.92. The molecule has 1 aliphatic heterocycles. The number of fused-ring (bicyclic) bond motifs is 2. The van der Waals surface area contributed by atoms with Gasteiger partial charge in [0.25, 0.3) is 5.91 Å². The second-order valence-corrected chi connectivity index (χ2v) is 5.89. The number of hydrogen-bond donors (Lipinski definition) is 1. The molecule has 7 heteroatoms. The molecule has 1 aromatic carbocycles. The average Bonchev–Trinajstić information content (AvgIpc) is 3.20. The number of rotatable bonds is 3. The molecular formula is C14H13N5OS. The van der Waals surface area contributed by atoms with Gasteiger partial charge < -0.3 is 9.88 Å². The van der Waals surface area contributed by atoms with Gasteiger partial charge in [-0.3, -0.25) is 4.79 Å². The predicted octanol–water partition coefficient (Wildman–Crippen LogP) is 1.76. The maximum Gasteiger partial charge on any atom is 0.251 e. The zero-order valence-corrected chi connectivity index (χ0v) is 12.1. The molecule has 0 radical (unpaired) electrons. The van der Waals surface area contributed by atoms with Gasteiger partial charge in [0.05, 0.1) is 22.3 Å². The molecule has 2 aromatic heterocycles. The van der Waals surface area contributed by atoms with Gasteiger partial charge in [0.1, 0.15) is 5.82 Å².